The third-order valence-corrected chi connectivity index (χ3v) is 9.92. The summed E-state index contributed by atoms with van der Waals surface area (Å²) in [7, 11) is 0. The van der Waals surface area contributed by atoms with Crippen LogP contribution in [0.25, 0.3) is 16.6 Å². The normalized spacial score (nSPS) is 16.4. The molecule has 2 aromatic heterocycles. The maximum atomic E-state index is 9.17. The Balaban J connectivity index is 0.954. The topological polar surface area (TPSA) is 59.0 Å². The number of benzene rings is 3. The van der Waals surface area contributed by atoms with Crippen LogP contribution in [0.4, 0.5) is 0 Å². The number of unbranched alkanes of at least 4 members (excludes halogenated alkanes) is 1. The number of aryl methyl sites for hydroxylation is 1. The van der Waals surface area contributed by atoms with Gasteiger partial charge in [0, 0.05) is 52.4 Å². The Hall–Kier alpha value is -4.05. The van der Waals surface area contributed by atoms with Crippen molar-refractivity contribution in [2.75, 3.05) is 19.6 Å². The molecule has 0 N–H and O–H groups in total. The fraction of sp³-hybridized carbons (Fsp3) is 0.368. The number of fused-ring (bicyclic) bond motifs is 1. The number of halogens is 1. The van der Waals surface area contributed by atoms with Gasteiger partial charge in [-0.2, -0.15) is 5.26 Å². The average molecular weight is 618 g/mol. The molecular formula is C38H40ClN5O. The summed E-state index contributed by atoms with van der Waals surface area (Å²) in [6, 6.07) is 26.2. The van der Waals surface area contributed by atoms with E-state index in [9.17, 15) is 0 Å². The fourth-order valence-corrected chi connectivity index (χ4v) is 7.26. The molecule has 3 heterocycles. The maximum Gasteiger partial charge on any atom is 0.127 e. The molecule has 7 rings (SSSR count). The summed E-state index contributed by atoms with van der Waals surface area (Å²) in [5.74, 6) is 3.87. The smallest absolute Gasteiger partial charge is 0.127 e. The van der Waals surface area contributed by atoms with E-state index < -0.39 is 0 Å². The predicted octanol–water partition coefficient (Wildman–Crippen LogP) is 9.46. The van der Waals surface area contributed by atoms with Crippen molar-refractivity contribution in [3.8, 4) is 23.3 Å². The van der Waals surface area contributed by atoms with Gasteiger partial charge in [-0.3, -0.25) is 0 Å². The molecule has 230 valence electrons. The Morgan fingerprint density at radius 3 is 2.27 bits per heavy atom. The molecule has 1 aliphatic carbocycles. The quantitative estimate of drug-likeness (QED) is 0.146. The van der Waals surface area contributed by atoms with Crippen LogP contribution in [0.1, 0.15) is 80.3 Å². The summed E-state index contributed by atoms with van der Waals surface area (Å²) < 4.78 is 10.7. The second kappa shape index (κ2) is 13.5. The number of ether oxygens (including phenoxy) is 1. The van der Waals surface area contributed by atoms with Gasteiger partial charge < -0.3 is 18.8 Å². The third kappa shape index (κ3) is 6.81. The number of nitrogens with zero attached hydrogens (tertiary/aromatic N) is 5. The minimum atomic E-state index is 0.514. The highest BCUT2D eigenvalue weighted by molar-refractivity contribution is 6.30. The van der Waals surface area contributed by atoms with Gasteiger partial charge in [-0.05, 0) is 131 Å². The van der Waals surface area contributed by atoms with Crippen molar-refractivity contribution in [3.05, 3.63) is 107 Å². The lowest BCUT2D eigenvalue weighted by molar-refractivity contribution is 0.206. The van der Waals surface area contributed by atoms with E-state index in [0.29, 0.717) is 16.9 Å². The lowest BCUT2D eigenvalue weighted by Gasteiger charge is -2.31. The molecule has 0 unspecified atom stereocenters. The van der Waals surface area contributed by atoms with Gasteiger partial charge in [-0.1, -0.05) is 24.4 Å². The molecule has 0 atom stereocenters. The van der Waals surface area contributed by atoms with Crippen molar-refractivity contribution < 1.29 is 4.74 Å². The molecule has 0 amide bonds. The summed E-state index contributed by atoms with van der Waals surface area (Å²) in [6.45, 7) is 4.44. The number of aromatic nitrogens is 3. The molecule has 1 saturated heterocycles. The molecule has 3 aromatic carbocycles. The highest BCUT2D eigenvalue weighted by Crippen LogP contribution is 2.37. The van der Waals surface area contributed by atoms with E-state index in [-0.39, 0.29) is 0 Å². The average Bonchev–Trinajstić information content (AvgIpc) is 3.85. The molecule has 7 heteroatoms. The summed E-state index contributed by atoms with van der Waals surface area (Å²) >= 11 is 6.03. The van der Waals surface area contributed by atoms with Crippen LogP contribution in [0.2, 0.25) is 5.02 Å². The number of piperidine rings is 1. The minimum absolute atomic E-state index is 0.514. The van der Waals surface area contributed by atoms with Crippen LogP contribution in [0.3, 0.4) is 0 Å². The molecule has 2 fully saturated rings. The van der Waals surface area contributed by atoms with Crippen LogP contribution in [0.15, 0.2) is 85.2 Å². The van der Waals surface area contributed by atoms with Crippen molar-refractivity contribution in [2.24, 2.45) is 0 Å². The fourth-order valence-electron chi connectivity index (χ4n) is 7.14. The zero-order valence-electron chi connectivity index (χ0n) is 25.7. The molecule has 0 radical (unpaired) electrons. The first-order valence-corrected chi connectivity index (χ1v) is 16.8. The Morgan fingerprint density at radius 1 is 0.822 bits per heavy atom. The van der Waals surface area contributed by atoms with Crippen molar-refractivity contribution in [2.45, 2.75) is 69.7 Å². The predicted molar refractivity (Wildman–Crippen MR) is 181 cm³/mol. The van der Waals surface area contributed by atoms with E-state index in [2.05, 4.69) is 56.8 Å². The van der Waals surface area contributed by atoms with E-state index >= 15 is 0 Å². The van der Waals surface area contributed by atoms with Gasteiger partial charge >= 0.3 is 0 Å². The van der Waals surface area contributed by atoms with Crippen LogP contribution >= 0.6 is 11.6 Å². The first-order valence-electron chi connectivity index (χ1n) is 16.5. The second-order valence-corrected chi connectivity index (χ2v) is 13.1. The molecule has 1 aliphatic heterocycles. The van der Waals surface area contributed by atoms with Gasteiger partial charge in [0.1, 0.15) is 17.3 Å². The summed E-state index contributed by atoms with van der Waals surface area (Å²) in [6.07, 6.45) is 14.2. The number of likely N-dealkylation sites (tertiary alicyclic amines) is 1. The van der Waals surface area contributed by atoms with Gasteiger partial charge in [-0.25, -0.2) is 4.98 Å². The van der Waals surface area contributed by atoms with Crippen molar-refractivity contribution in [1.29, 1.82) is 5.26 Å². The first-order chi connectivity index (χ1) is 22.1. The summed E-state index contributed by atoms with van der Waals surface area (Å²) in [4.78, 5) is 7.97. The molecule has 0 spiro atoms. The standard InChI is InChI=1S/C38H40ClN5O/c39-32-8-12-34(13-9-32)45-35-14-10-33(11-15-35)44-27-36(41-38(44)30-5-1-2-6-30)29-17-22-42(23-18-29)20-3-4-21-43-24-19-31-25-28(26-40)7-16-37(31)43/h7-16,19,24-25,27,29-30H,1-6,17-18,20-23H2. The maximum absolute atomic E-state index is 9.17. The molecular weight excluding hydrogens is 578 g/mol. The molecule has 45 heavy (non-hydrogen) atoms. The van der Waals surface area contributed by atoms with E-state index in [1.165, 1.54) is 62.0 Å². The lowest BCUT2D eigenvalue weighted by atomic mass is 9.94. The highest BCUT2D eigenvalue weighted by Gasteiger charge is 2.28. The zero-order chi connectivity index (χ0) is 30.6. The second-order valence-electron chi connectivity index (χ2n) is 12.6. The van der Waals surface area contributed by atoms with Gasteiger partial charge in [-0.15, -0.1) is 0 Å². The van der Waals surface area contributed by atoms with Gasteiger partial charge in [0.05, 0.1) is 17.3 Å². The zero-order valence-corrected chi connectivity index (χ0v) is 26.5. The number of imidazole rings is 1. The number of rotatable bonds is 10. The lowest BCUT2D eigenvalue weighted by Crippen LogP contribution is -2.33. The van der Waals surface area contributed by atoms with E-state index in [1.807, 2.05) is 48.5 Å². The van der Waals surface area contributed by atoms with Gasteiger partial charge in [0.2, 0.25) is 0 Å². The first kappa shape index (κ1) is 29.6. The molecule has 5 aromatic rings. The van der Waals surface area contributed by atoms with Crippen molar-refractivity contribution in [1.82, 2.24) is 19.0 Å². The number of hydrogen-bond acceptors (Lipinski definition) is 4. The van der Waals surface area contributed by atoms with Crippen LogP contribution in [0.5, 0.6) is 11.5 Å². The summed E-state index contributed by atoms with van der Waals surface area (Å²) in [5.41, 5.74) is 4.35. The number of hydrogen-bond donors (Lipinski definition) is 0. The highest BCUT2D eigenvalue weighted by atomic mass is 35.5. The Kier molecular flexibility index (Phi) is 8.91. The Morgan fingerprint density at radius 2 is 1.53 bits per heavy atom. The SMILES string of the molecule is N#Cc1ccc2c(ccn2CCCCN2CCC(c3cn(-c4ccc(Oc5ccc(Cl)cc5)cc4)c(C4CCCC4)n3)CC2)c1. The van der Waals surface area contributed by atoms with Gasteiger partial charge in [0.25, 0.3) is 0 Å². The van der Waals surface area contributed by atoms with Crippen LogP contribution in [-0.2, 0) is 6.54 Å². The van der Waals surface area contributed by atoms with E-state index in [1.54, 1.807) is 0 Å². The van der Waals surface area contributed by atoms with Crippen molar-refractivity contribution >= 4 is 22.5 Å². The van der Waals surface area contributed by atoms with Gasteiger partial charge in [0.15, 0.2) is 0 Å². The Labute approximate surface area is 270 Å². The number of nitriles is 1. The van der Waals surface area contributed by atoms with E-state index in [0.717, 1.165) is 60.7 Å². The molecule has 1 saturated carbocycles. The molecule has 6 nitrogen and oxygen atoms in total. The van der Waals surface area contributed by atoms with Crippen LogP contribution in [0, 0.1) is 11.3 Å². The Bertz CT molecular complexity index is 1770. The minimum Gasteiger partial charge on any atom is -0.457 e. The van der Waals surface area contributed by atoms with E-state index in [4.69, 9.17) is 26.6 Å². The monoisotopic (exact) mass is 617 g/mol. The van der Waals surface area contributed by atoms with Crippen molar-refractivity contribution in [3.63, 3.8) is 0 Å². The van der Waals surface area contributed by atoms with Crippen LogP contribution in [-0.4, -0.2) is 38.7 Å². The third-order valence-electron chi connectivity index (χ3n) is 9.67. The largest absolute Gasteiger partial charge is 0.457 e. The summed E-state index contributed by atoms with van der Waals surface area (Å²) in [5, 5.41) is 11.0. The molecule has 0 bridgehead atoms. The van der Waals surface area contributed by atoms with Crippen LogP contribution < -0.4 is 4.74 Å². The molecule has 2 aliphatic rings.